The van der Waals surface area contributed by atoms with Gasteiger partial charge in [-0.05, 0) is 63.1 Å². The van der Waals surface area contributed by atoms with Crippen LogP contribution >= 0.6 is 0 Å². The number of rotatable bonds is 9. The van der Waals surface area contributed by atoms with Crippen LogP contribution in [-0.4, -0.2) is 52.3 Å². The first-order valence-corrected chi connectivity index (χ1v) is 13.2. The van der Waals surface area contributed by atoms with Crippen molar-refractivity contribution in [1.29, 1.82) is 0 Å². The van der Waals surface area contributed by atoms with Crippen LogP contribution in [0.4, 0.5) is 0 Å². The van der Waals surface area contributed by atoms with E-state index in [9.17, 15) is 14.4 Å². The molecule has 0 aromatic heterocycles. The van der Waals surface area contributed by atoms with Crippen molar-refractivity contribution in [2.75, 3.05) is 34.5 Å². The molecule has 1 aliphatic heterocycles. The number of carbonyl (C=O) groups is 3. The highest BCUT2D eigenvalue weighted by molar-refractivity contribution is 6.13. The molecule has 40 heavy (non-hydrogen) atoms. The highest BCUT2D eigenvalue weighted by Gasteiger charge is 2.49. The fourth-order valence-electron chi connectivity index (χ4n) is 5.56. The molecular formula is C31H35NO8. The summed E-state index contributed by atoms with van der Waals surface area (Å²) in [6.07, 6.45) is 0.340. The topological polar surface area (TPSA) is 109 Å². The summed E-state index contributed by atoms with van der Waals surface area (Å²) in [5, 5.41) is 3.31. The highest BCUT2D eigenvalue weighted by atomic mass is 16.5. The predicted molar refractivity (Wildman–Crippen MR) is 147 cm³/mol. The third-order valence-electron chi connectivity index (χ3n) is 7.35. The standard InChI is InChI=1S/C31H35NO8/c1-7-39-30(34)25-17(3)32-23-16-21(18-9-11-19(36-4)12-10-18)27(31(35)40-8-2)29(33)28(23)26(25)22-15-20(37-5)13-14-24(22)38-6/h9-15,21,26-27,32H,7-8,16H2,1-6H3/t21-,26-,27+/m1/s1. The van der Waals surface area contributed by atoms with Crippen LogP contribution in [0.2, 0.25) is 0 Å². The number of carbonyl (C=O) groups excluding carboxylic acids is 3. The quantitative estimate of drug-likeness (QED) is 0.359. The first-order valence-electron chi connectivity index (χ1n) is 13.2. The lowest BCUT2D eigenvalue weighted by Crippen LogP contribution is -2.43. The van der Waals surface area contributed by atoms with E-state index < -0.39 is 35.5 Å². The lowest BCUT2D eigenvalue weighted by Gasteiger charge is -2.39. The molecule has 2 aromatic carbocycles. The molecule has 0 radical (unpaired) electrons. The Morgan fingerprint density at radius 2 is 1.55 bits per heavy atom. The monoisotopic (exact) mass is 549 g/mol. The van der Waals surface area contributed by atoms with Gasteiger partial charge in [-0.2, -0.15) is 0 Å². The molecule has 0 unspecified atom stereocenters. The number of hydrogen-bond acceptors (Lipinski definition) is 9. The van der Waals surface area contributed by atoms with Crippen molar-refractivity contribution in [2.45, 2.75) is 39.0 Å². The van der Waals surface area contributed by atoms with Gasteiger partial charge in [-0.1, -0.05) is 12.1 Å². The zero-order chi connectivity index (χ0) is 29.0. The molecule has 1 heterocycles. The summed E-state index contributed by atoms with van der Waals surface area (Å²) >= 11 is 0. The Morgan fingerprint density at radius 3 is 2.15 bits per heavy atom. The maximum Gasteiger partial charge on any atom is 0.336 e. The number of ketones is 1. The number of hydrogen-bond donors (Lipinski definition) is 1. The van der Waals surface area contributed by atoms with Gasteiger partial charge in [0, 0.05) is 28.4 Å². The van der Waals surface area contributed by atoms with Gasteiger partial charge < -0.3 is 29.0 Å². The highest BCUT2D eigenvalue weighted by Crippen LogP contribution is 2.50. The minimum Gasteiger partial charge on any atom is -0.497 e. The van der Waals surface area contributed by atoms with Crippen LogP contribution in [0.3, 0.4) is 0 Å². The average Bonchev–Trinajstić information content (AvgIpc) is 2.96. The first kappa shape index (κ1) is 28.7. The third kappa shape index (κ3) is 5.28. The molecule has 0 spiro atoms. The van der Waals surface area contributed by atoms with E-state index in [1.54, 1.807) is 58.2 Å². The fraction of sp³-hybridized carbons (Fsp3) is 0.387. The maximum absolute atomic E-state index is 14.5. The molecule has 4 rings (SSSR count). The zero-order valence-electron chi connectivity index (χ0n) is 23.7. The average molecular weight is 550 g/mol. The van der Waals surface area contributed by atoms with Crippen molar-refractivity contribution < 1.29 is 38.1 Å². The number of benzene rings is 2. The predicted octanol–water partition coefficient (Wildman–Crippen LogP) is 4.43. The zero-order valence-corrected chi connectivity index (χ0v) is 23.7. The van der Waals surface area contributed by atoms with E-state index in [1.165, 1.54) is 14.2 Å². The molecule has 0 saturated carbocycles. The van der Waals surface area contributed by atoms with Gasteiger partial charge in [0.1, 0.15) is 23.2 Å². The van der Waals surface area contributed by atoms with Crippen molar-refractivity contribution in [3.8, 4) is 17.2 Å². The van der Waals surface area contributed by atoms with E-state index in [0.29, 0.717) is 46.2 Å². The molecule has 0 fully saturated rings. The molecule has 9 nitrogen and oxygen atoms in total. The van der Waals surface area contributed by atoms with Crippen molar-refractivity contribution in [3.05, 3.63) is 76.1 Å². The summed E-state index contributed by atoms with van der Waals surface area (Å²) in [5.74, 6) is -2.41. The van der Waals surface area contributed by atoms with Gasteiger partial charge in [-0.25, -0.2) is 4.79 Å². The summed E-state index contributed by atoms with van der Waals surface area (Å²) in [6.45, 7) is 5.48. The Morgan fingerprint density at radius 1 is 0.900 bits per heavy atom. The van der Waals surface area contributed by atoms with Crippen LogP contribution in [0.1, 0.15) is 50.2 Å². The van der Waals surface area contributed by atoms with E-state index >= 15 is 0 Å². The van der Waals surface area contributed by atoms with E-state index in [0.717, 1.165) is 5.56 Å². The summed E-state index contributed by atoms with van der Waals surface area (Å²) in [5.41, 5.74) is 3.12. The molecule has 2 aliphatic rings. The van der Waals surface area contributed by atoms with E-state index in [2.05, 4.69) is 5.32 Å². The van der Waals surface area contributed by atoms with E-state index in [1.807, 2.05) is 12.1 Å². The SMILES string of the molecule is CCOC(=O)C1=C(C)NC2=C(C(=O)[C@@H](C(=O)OCC)[C@@H](c3ccc(OC)cc3)C2)[C@@H]1c1cc(OC)ccc1OC. The number of allylic oxidation sites excluding steroid dienone is 3. The second kappa shape index (κ2) is 12.3. The minimum atomic E-state index is -1.12. The Bertz CT molecular complexity index is 1360. The molecule has 0 bridgehead atoms. The lowest BCUT2D eigenvalue weighted by molar-refractivity contribution is -0.152. The van der Waals surface area contributed by atoms with Crippen molar-refractivity contribution in [2.24, 2.45) is 5.92 Å². The molecule has 9 heteroatoms. The van der Waals surface area contributed by atoms with Gasteiger partial charge >= 0.3 is 11.9 Å². The molecule has 0 amide bonds. The minimum absolute atomic E-state index is 0.127. The van der Waals surface area contributed by atoms with Crippen LogP contribution < -0.4 is 19.5 Å². The molecule has 2 aromatic rings. The third-order valence-corrected chi connectivity index (χ3v) is 7.35. The van der Waals surface area contributed by atoms with Gasteiger partial charge in [0.05, 0.1) is 46.0 Å². The number of dihydropyridines is 1. The smallest absolute Gasteiger partial charge is 0.336 e. The van der Waals surface area contributed by atoms with Gasteiger partial charge in [-0.15, -0.1) is 0 Å². The molecule has 1 aliphatic carbocycles. The molecule has 3 atom stereocenters. The Hall–Kier alpha value is -4.27. The maximum atomic E-state index is 14.5. The van der Waals surface area contributed by atoms with Gasteiger partial charge in [0.15, 0.2) is 5.78 Å². The Balaban J connectivity index is 1.95. The Labute approximate surface area is 234 Å². The second-order valence-electron chi connectivity index (χ2n) is 9.50. The molecule has 212 valence electrons. The van der Waals surface area contributed by atoms with Crippen LogP contribution in [0.15, 0.2) is 65.0 Å². The Kier molecular flexibility index (Phi) is 8.82. The number of nitrogens with one attached hydrogen (secondary N) is 1. The van der Waals surface area contributed by atoms with E-state index in [-0.39, 0.29) is 18.8 Å². The summed E-state index contributed by atoms with van der Waals surface area (Å²) in [7, 11) is 4.63. The number of ether oxygens (including phenoxy) is 5. The van der Waals surface area contributed by atoms with Gasteiger partial charge in [0.2, 0.25) is 0 Å². The molecular weight excluding hydrogens is 514 g/mol. The normalized spacial score (nSPS) is 20.4. The largest absolute Gasteiger partial charge is 0.497 e. The summed E-state index contributed by atoms with van der Waals surface area (Å²) < 4.78 is 27.3. The summed E-state index contributed by atoms with van der Waals surface area (Å²) in [6, 6.07) is 12.5. The number of methoxy groups -OCH3 is 3. The lowest BCUT2D eigenvalue weighted by atomic mass is 9.67. The molecule has 0 saturated heterocycles. The number of Topliss-reactive ketones (excluding diaryl/α,β-unsaturated/α-hetero) is 1. The van der Waals surface area contributed by atoms with Crippen molar-refractivity contribution >= 4 is 17.7 Å². The molecule has 1 N–H and O–H groups in total. The first-order chi connectivity index (χ1) is 19.3. The van der Waals surface area contributed by atoms with Crippen molar-refractivity contribution in [3.63, 3.8) is 0 Å². The van der Waals surface area contributed by atoms with Crippen LogP contribution in [0.5, 0.6) is 17.2 Å². The van der Waals surface area contributed by atoms with Crippen molar-refractivity contribution in [1.82, 2.24) is 5.32 Å². The van der Waals surface area contributed by atoms with Gasteiger partial charge in [-0.3, -0.25) is 9.59 Å². The van der Waals surface area contributed by atoms with Crippen LogP contribution in [-0.2, 0) is 23.9 Å². The fourth-order valence-corrected chi connectivity index (χ4v) is 5.56. The number of esters is 2. The van der Waals surface area contributed by atoms with Crippen LogP contribution in [0, 0.1) is 5.92 Å². The van der Waals surface area contributed by atoms with Crippen LogP contribution in [0.25, 0.3) is 0 Å². The van der Waals surface area contributed by atoms with Gasteiger partial charge in [0.25, 0.3) is 0 Å². The summed E-state index contributed by atoms with van der Waals surface area (Å²) in [4.78, 5) is 41.2. The second-order valence-corrected chi connectivity index (χ2v) is 9.50. The van der Waals surface area contributed by atoms with E-state index in [4.69, 9.17) is 23.7 Å².